The van der Waals surface area contributed by atoms with Gasteiger partial charge in [-0.25, -0.2) is 4.98 Å². The highest BCUT2D eigenvalue weighted by molar-refractivity contribution is 7.99. The molecule has 0 aliphatic carbocycles. The summed E-state index contributed by atoms with van der Waals surface area (Å²) in [6.45, 7) is 7.75. The zero-order valence-corrected chi connectivity index (χ0v) is 16.6. The number of benzene rings is 1. The molecule has 1 heterocycles. The van der Waals surface area contributed by atoms with Crippen LogP contribution in [0, 0.1) is 6.92 Å². The Labute approximate surface area is 158 Å². The number of carbonyl (C=O) groups excluding carboxylic acids is 2. The minimum absolute atomic E-state index is 0.0271. The number of nitrogens with zero attached hydrogens (tertiary/aromatic N) is 3. The van der Waals surface area contributed by atoms with Gasteiger partial charge in [0, 0.05) is 18.2 Å². The van der Waals surface area contributed by atoms with Gasteiger partial charge in [0.25, 0.3) is 0 Å². The van der Waals surface area contributed by atoms with E-state index in [1.54, 1.807) is 7.05 Å². The number of hydrogen-bond acceptors (Lipinski definition) is 5. The minimum Gasteiger partial charge on any atom is -0.350 e. The number of rotatable bonds is 6. The van der Waals surface area contributed by atoms with E-state index in [-0.39, 0.29) is 29.7 Å². The lowest BCUT2D eigenvalue weighted by Gasteiger charge is -2.23. The molecule has 140 valence electrons. The number of hydrogen-bond donors (Lipinski definition) is 2. The van der Waals surface area contributed by atoms with Gasteiger partial charge in [-0.2, -0.15) is 0 Å². The second kappa shape index (κ2) is 8.35. The van der Waals surface area contributed by atoms with Crippen LogP contribution in [0.4, 0.5) is 0 Å². The SMILES string of the molecule is Cc1ccc(-c2nc(SCC(=O)N(C)CC(=O)NC(C)(C)C)n[nH]2)cc1. The quantitative estimate of drug-likeness (QED) is 0.756. The zero-order chi connectivity index (χ0) is 19.3. The molecular formula is C18H25N5O2S. The second-order valence-corrected chi connectivity index (χ2v) is 8.11. The van der Waals surface area contributed by atoms with E-state index in [9.17, 15) is 9.59 Å². The Hall–Kier alpha value is -2.35. The predicted octanol–water partition coefficient (Wildman–Crippen LogP) is 2.25. The fourth-order valence-corrected chi connectivity index (χ4v) is 2.89. The number of aryl methyl sites for hydroxylation is 1. The number of aromatic nitrogens is 3. The van der Waals surface area contributed by atoms with Crippen molar-refractivity contribution in [3.8, 4) is 11.4 Å². The van der Waals surface area contributed by atoms with Gasteiger partial charge in [-0.3, -0.25) is 14.7 Å². The minimum atomic E-state index is -0.318. The van der Waals surface area contributed by atoms with Gasteiger partial charge < -0.3 is 10.2 Å². The molecule has 0 saturated heterocycles. The van der Waals surface area contributed by atoms with Crippen molar-refractivity contribution in [3.63, 3.8) is 0 Å². The number of nitrogens with one attached hydrogen (secondary N) is 2. The van der Waals surface area contributed by atoms with Crippen molar-refractivity contribution in [2.24, 2.45) is 0 Å². The summed E-state index contributed by atoms with van der Waals surface area (Å²) in [5.41, 5.74) is 1.80. The van der Waals surface area contributed by atoms with Crippen molar-refractivity contribution in [2.45, 2.75) is 38.4 Å². The van der Waals surface area contributed by atoms with E-state index in [2.05, 4.69) is 20.5 Å². The molecule has 0 radical (unpaired) electrons. The average Bonchev–Trinajstić information content (AvgIpc) is 3.00. The van der Waals surface area contributed by atoms with Crippen LogP contribution in [0.25, 0.3) is 11.4 Å². The van der Waals surface area contributed by atoms with Gasteiger partial charge in [-0.15, -0.1) is 5.10 Å². The van der Waals surface area contributed by atoms with Crippen LogP contribution < -0.4 is 5.32 Å². The molecule has 2 N–H and O–H groups in total. The van der Waals surface area contributed by atoms with Gasteiger partial charge in [0.1, 0.15) is 0 Å². The first-order valence-electron chi connectivity index (χ1n) is 8.31. The number of thioether (sulfide) groups is 1. The lowest BCUT2D eigenvalue weighted by atomic mass is 10.1. The van der Waals surface area contributed by atoms with Crippen LogP contribution in [0.15, 0.2) is 29.4 Å². The van der Waals surface area contributed by atoms with E-state index in [0.717, 1.165) is 5.56 Å². The smallest absolute Gasteiger partial charge is 0.240 e. The van der Waals surface area contributed by atoms with E-state index >= 15 is 0 Å². The number of amides is 2. The van der Waals surface area contributed by atoms with Gasteiger partial charge >= 0.3 is 0 Å². The highest BCUT2D eigenvalue weighted by Crippen LogP contribution is 2.19. The number of carbonyl (C=O) groups is 2. The maximum absolute atomic E-state index is 12.2. The largest absolute Gasteiger partial charge is 0.350 e. The molecule has 2 amide bonds. The maximum Gasteiger partial charge on any atom is 0.240 e. The molecule has 0 bridgehead atoms. The van der Waals surface area contributed by atoms with Gasteiger partial charge in [0.2, 0.25) is 17.0 Å². The van der Waals surface area contributed by atoms with Crippen LogP contribution in [-0.2, 0) is 9.59 Å². The average molecular weight is 375 g/mol. The summed E-state index contributed by atoms with van der Waals surface area (Å²) in [5.74, 6) is 0.501. The molecule has 0 aliphatic rings. The number of H-pyrrole nitrogens is 1. The Kier molecular flexibility index (Phi) is 6.42. The van der Waals surface area contributed by atoms with Crippen molar-refractivity contribution in [1.82, 2.24) is 25.4 Å². The van der Waals surface area contributed by atoms with Crippen LogP contribution in [0.5, 0.6) is 0 Å². The standard InChI is InChI=1S/C18H25N5O2S/c1-12-6-8-13(9-7-12)16-19-17(22-21-16)26-11-15(25)23(5)10-14(24)20-18(2,3)4/h6-9H,10-11H2,1-5H3,(H,20,24)(H,19,21,22). The monoisotopic (exact) mass is 375 g/mol. The predicted molar refractivity (Wildman–Crippen MR) is 103 cm³/mol. The van der Waals surface area contributed by atoms with Gasteiger partial charge in [-0.05, 0) is 27.7 Å². The fourth-order valence-electron chi connectivity index (χ4n) is 2.15. The third kappa shape index (κ3) is 6.18. The molecule has 2 aromatic rings. The van der Waals surface area contributed by atoms with E-state index < -0.39 is 0 Å². The Bertz CT molecular complexity index is 765. The van der Waals surface area contributed by atoms with E-state index in [1.807, 2.05) is 52.0 Å². The summed E-state index contributed by atoms with van der Waals surface area (Å²) in [4.78, 5) is 29.9. The lowest BCUT2D eigenvalue weighted by molar-refractivity contribution is -0.133. The van der Waals surface area contributed by atoms with Gasteiger partial charge in [0.15, 0.2) is 5.82 Å². The van der Waals surface area contributed by atoms with Crippen molar-refractivity contribution in [2.75, 3.05) is 19.3 Å². The third-order valence-corrected chi connectivity index (χ3v) is 4.27. The summed E-state index contributed by atoms with van der Waals surface area (Å²) in [6, 6.07) is 7.95. The molecule has 0 aliphatic heterocycles. The first kappa shape index (κ1) is 20.0. The molecular weight excluding hydrogens is 350 g/mol. The second-order valence-electron chi connectivity index (χ2n) is 7.17. The normalized spacial score (nSPS) is 11.3. The number of aromatic amines is 1. The van der Waals surface area contributed by atoms with Gasteiger partial charge in [-0.1, -0.05) is 41.6 Å². The number of likely N-dealkylation sites (N-methyl/N-ethyl adjacent to an activating group) is 1. The highest BCUT2D eigenvalue weighted by atomic mass is 32.2. The first-order valence-corrected chi connectivity index (χ1v) is 9.30. The summed E-state index contributed by atoms with van der Waals surface area (Å²) >= 11 is 1.24. The molecule has 0 atom stereocenters. The van der Waals surface area contributed by atoms with Crippen molar-refractivity contribution in [3.05, 3.63) is 29.8 Å². The Morgan fingerprint density at radius 2 is 1.88 bits per heavy atom. The van der Waals surface area contributed by atoms with E-state index in [4.69, 9.17) is 0 Å². The lowest BCUT2D eigenvalue weighted by Crippen LogP contribution is -2.46. The Morgan fingerprint density at radius 3 is 2.50 bits per heavy atom. The van der Waals surface area contributed by atoms with Crippen LogP contribution in [0.3, 0.4) is 0 Å². The molecule has 8 heteroatoms. The molecule has 2 rings (SSSR count). The third-order valence-electron chi connectivity index (χ3n) is 3.44. The van der Waals surface area contributed by atoms with E-state index in [1.165, 1.54) is 22.2 Å². The molecule has 1 aromatic carbocycles. The van der Waals surface area contributed by atoms with Crippen molar-refractivity contribution in [1.29, 1.82) is 0 Å². The zero-order valence-electron chi connectivity index (χ0n) is 15.8. The Morgan fingerprint density at radius 1 is 1.23 bits per heavy atom. The summed E-state index contributed by atoms with van der Waals surface area (Å²) in [6.07, 6.45) is 0. The summed E-state index contributed by atoms with van der Waals surface area (Å²) < 4.78 is 0. The molecule has 0 unspecified atom stereocenters. The molecule has 26 heavy (non-hydrogen) atoms. The van der Waals surface area contributed by atoms with Crippen LogP contribution >= 0.6 is 11.8 Å². The topological polar surface area (TPSA) is 91.0 Å². The van der Waals surface area contributed by atoms with Crippen LogP contribution in [0.1, 0.15) is 26.3 Å². The molecule has 0 fully saturated rings. The Balaban J connectivity index is 1.85. The fraction of sp³-hybridized carbons (Fsp3) is 0.444. The molecule has 7 nitrogen and oxygen atoms in total. The van der Waals surface area contributed by atoms with Crippen LogP contribution in [-0.4, -0.2) is 56.8 Å². The van der Waals surface area contributed by atoms with Gasteiger partial charge in [0.05, 0.1) is 12.3 Å². The highest BCUT2D eigenvalue weighted by Gasteiger charge is 2.18. The summed E-state index contributed by atoms with van der Waals surface area (Å²) in [7, 11) is 1.61. The van der Waals surface area contributed by atoms with Crippen molar-refractivity contribution >= 4 is 23.6 Å². The summed E-state index contributed by atoms with van der Waals surface area (Å²) in [5, 5.41) is 10.4. The first-order chi connectivity index (χ1) is 12.1. The van der Waals surface area contributed by atoms with Crippen molar-refractivity contribution < 1.29 is 9.59 Å². The molecule has 0 saturated carbocycles. The molecule has 0 spiro atoms. The molecule has 1 aromatic heterocycles. The van der Waals surface area contributed by atoms with Crippen LogP contribution in [0.2, 0.25) is 0 Å². The van der Waals surface area contributed by atoms with E-state index in [0.29, 0.717) is 11.0 Å². The maximum atomic E-state index is 12.2.